The van der Waals surface area contributed by atoms with E-state index >= 15 is 0 Å². The standard InChI is InChI=1S/C12H17N5O3/c1-6-9-10(13-8(3)14-11(9)18)17(15-6)7(2)12(19)16(4)20-5/h7H,1-5H3,(H,13,14,18). The van der Waals surface area contributed by atoms with E-state index in [9.17, 15) is 9.59 Å². The molecule has 0 radical (unpaired) electrons. The highest BCUT2D eigenvalue weighted by molar-refractivity contribution is 5.83. The second-order valence-electron chi connectivity index (χ2n) is 4.57. The Hall–Kier alpha value is -2.22. The summed E-state index contributed by atoms with van der Waals surface area (Å²) in [6.45, 7) is 5.07. The van der Waals surface area contributed by atoms with Crippen molar-refractivity contribution in [3.05, 3.63) is 21.9 Å². The minimum Gasteiger partial charge on any atom is -0.310 e. The average molecular weight is 279 g/mol. The molecule has 0 spiro atoms. The van der Waals surface area contributed by atoms with E-state index < -0.39 is 6.04 Å². The van der Waals surface area contributed by atoms with Crippen LogP contribution in [0.4, 0.5) is 0 Å². The van der Waals surface area contributed by atoms with Crippen molar-refractivity contribution in [2.24, 2.45) is 0 Å². The van der Waals surface area contributed by atoms with Gasteiger partial charge in [-0.15, -0.1) is 0 Å². The van der Waals surface area contributed by atoms with Crippen LogP contribution in [0.15, 0.2) is 4.79 Å². The fourth-order valence-electron chi connectivity index (χ4n) is 2.05. The SMILES string of the molecule is CON(C)C(=O)C(C)n1nc(C)c2c(=O)[nH]c(C)nc21. The summed E-state index contributed by atoms with van der Waals surface area (Å²) in [5, 5.41) is 5.78. The maximum Gasteiger partial charge on any atom is 0.270 e. The van der Waals surface area contributed by atoms with Crippen LogP contribution in [0.5, 0.6) is 0 Å². The number of hydrogen-bond donors (Lipinski definition) is 1. The number of amides is 1. The second kappa shape index (κ2) is 5.04. The largest absolute Gasteiger partial charge is 0.310 e. The van der Waals surface area contributed by atoms with Crippen LogP contribution in [0.3, 0.4) is 0 Å². The summed E-state index contributed by atoms with van der Waals surface area (Å²) in [6, 6.07) is -0.621. The fraction of sp³-hybridized carbons (Fsp3) is 0.500. The lowest BCUT2D eigenvalue weighted by Crippen LogP contribution is -2.33. The van der Waals surface area contributed by atoms with E-state index in [4.69, 9.17) is 4.84 Å². The highest BCUT2D eigenvalue weighted by Crippen LogP contribution is 2.18. The Bertz CT molecular complexity index is 718. The summed E-state index contributed by atoms with van der Waals surface area (Å²) in [6.07, 6.45) is 0. The molecule has 0 aromatic carbocycles. The molecule has 0 saturated heterocycles. The molecule has 1 N–H and O–H groups in total. The molecule has 0 aliphatic rings. The molecular weight excluding hydrogens is 262 g/mol. The molecule has 0 aliphatic heterocycles. The number of fused-ring (bicyclic) bond motifs is 1. The minimum atomic E-state index is -0.621. The zero-order valence-electron chi connectivity index (χ0n) is 12.1. The van der Waals surface area contributed by atoms with Gasteiger partial charge in [-0.3, -0.25) is 14.4 Å². The number of likely N-dealkylation sites (N-methyl/N-ethyl adjacent to an activating group) is 1. The van der Waals surface area contributed by atoms with E-state index in [1.807, 2.05) is 0 Å². The molecule has 1 unspecified atom stereocenters. The lowest BCUT2D eigenvalue weighted by Gasteiger charge is -2.19. The quantitative estimate of drug-likeness (QED) is 0.817. The number of aryl methyl sites for hydroxylation is 2. The lowest BCUT2D eigenvalue weighted by atomic mass is 10.3. The third-order valence-electron chi connectivity index (χ3n) is 3.16. The molecule has 1 amide bonds. The molecule has 108 valence electrons. The molecule has 8 heteroatoms. The van der Waals surface area contributed by atoms with Gasteiger partial charge in [0.2, 0.25) is 0 Å². The Morgan fingerprint density at radius 3 is 2.70 bits per heavy atom. The molecular formula is C12H17N5O3. The van der Waals surface area contributed by atoms with Crippen molar-refractivity contribution >= 4 is 16.9 Å². The van der Waals surface area contributed by atoms with Crippen molar-refractivity contribution in [1.29, 1.82) is 0 Å². The topological polar surface area (TPSA) is 93.1 Å². The minimum absolute atomic E-state index is 0.254. The molecule has 0 saturated carbocycles. The molecule has 8 nitrogen and oxygen atoms in total. The number of nitrogens with one attached hydrogen (secondary N) is 1. The van der Waals surface area contributed by atoms with Crippen LogP contribution in [-0.2, 0) is 9.63 Å². The van der Waals surface area contributed by atoms with E-state index in [-0.39, 0.29) is 11.5 Å². The Kier molecular flexibility index (Phi) is 3.58. The monoisotopic (exact) mass is 279 g/mol. The summed E-state index contributed by atoms with van der Waals surface area (Å²) in [5.74, 6) is 0.194. The van der Waals surface area contributed by atoms with Gasteiger partial charge in [-0.2, -0.15) is 5.10 Å². The number of carbonyl (C=O) groups is 1. The van der Waals surface area contributed by atoms with Gasteiger partial charge in [-0.1, -0.05) is 0 Å². The molecule has 2 rings (SSSR count). The number of aromatic nitrogens is 4. The Labute approximate surface area is 115 Å². The van der Waals surface area contributed by atoms with Gasteiger partial charge in [0.05, 0.1) is 12.8 Å². The zero-order valence-corrected chi connectivity index (χ0v) is 12.1. The third-order valence-corrected chi connectivity index (χ3v) is 3.16. The Morgan fingerprint density at radius 1 is 1.45 bits per heavy atom. The van der Waals surface area contributed by atoms with Crippen molar-refractivity contribution < 1.29 is 9.63 Å². The molecule has 0 fully saturated rings. The first-order chi connectivity index (χ1) is 9.36. The number of hydrogen-bond acceptors (Lipinski definition) is 5. The number of nitrogens with zero attached hydrogens (tertiary/aromatic N) is 4. The van der Waals surface area contributed by atoms with Gasteiger partial charge in [0.1, 0.15) is 17.3 Å². The highest BCUT2D eigenvalue weighted by atomic mass is 16.7. The van der Waals surface area contributed by atoms with Gasteiger partial charge in [0, 0.05) is 7.05 Å². The smallest absolute Gasteiger partial charge is 0.270 e. The first-order valence-electron chi connectivity index (χ1n) is 6.14. The van der Waals surface area contributed by atoms with Gasteiger partial charge >= 0.3 is 0 Å². The van der Waals surface area contributed by atoms with Gasteiger partial charge < -0.3 is 4.98 Å². The first-order valence-corrected chi connectivity index (χ1v) is 6.14. The predicted molar refractivity (Wildman–Crippen MR) is 72.1 cm³/mol. The van der Waals surface area contributed by atoms with Crippen molar-refractivity contribution in [1.82, 2.24) is 24.8 Å². The summed E-state index contributed by atoms with van der Waals surface area (Å²) < 4.78 is 1.45. The van der Waals surface area contributed by atoms with Crippen molar-refractivity contribution in [3.8, 4) is 0 Å². The van der Waals surface area contributed by atoms with E-state index in [0.29, 0.717) is 22.6 Å². The van der Waals surface area contributed by atoms with Crippen molar-refractivity contribution in [2.75, 3.05) is 14.2 Å². The summed E-state index contributed by atoms with van der Waals surface area (Å²) in [7, 11) is 2.92. The first kappa shape index (κ1) is 14.2. The van der Waals surface area contributed by atoms with Crippen LogP contribution in [0.25, 0.3) is 11.0 Å². The maximum absolute atomic E-state index is 12.1. The lowest BCUT2D eigenvalue weighted by molar-refractivity contribution is -0.172. The van der Waals surface area contributed by atoms with E-state index in [1.165, 1.54) is 18.8 Å². The highest BCUT2D eigenvalue weighted by Gasteiger charge is 2.24. The molecule has 1 atom stereocenters. The molecule has 2 heterocycles. The van der Waals surface area contributed by atoms with Crippen LogP contribution < -0.4 is 5.56 Å². The second-order valence-corrected chi connectivity index (χ2v) is 4.57. The summed E-state index contributed by atoms with van der Waals surface area (Å²) in [4.78, 5) is 35.9. The van der Waals surface area contributed by atoms with E-state index in [2.05, 4.69) is 15.1 Å². The average Bonchev–Trinajstić information content (AvgIpc) is 2.73. The summed E-state index contributed by atoms with van der Waals surface area (Å²) >= 11 is 0. The van der Waals surface area contributed by atoms with E-state index in [1.54, 1.807) is 20.8 Å². The number of carbonyl (C=O) groups excluding carboxylic acids is 1. The Morgan fingerprint density at radius 2 is 2.10 bits per heavy atom. The fourth-order valence-corrected chi connectivity index (χ4v) is 2.05. The van der Waals surface area contributed by atoms with Crippen LogP contribution in [-0.4, -0.2) is 44.9 Å². The number of H-pyrrole nitrogens is 1. The third kappa shape index (κ3) is 2.18. The van der Waals surface area contributed by atoms with Gasteiger partial charge in [0.15, 0.2) is 5.65 Å². The van der Waals surface area contributed by atoms with Gasteiger partial charge in [-0.25, -0.2) is 14.7 Å². The van der Waals surface area contributed by atoms with Gasteiger partial charge in [-0.05, 0) is 20.8 Å². The molecule has 2 aromatic rings. The molecule has 0 aliphatic carbocycles. The van der Waals surface area contributed by atoms with Crippen molar-refractivity contribution in [2.45, 2.75) is 26.8 Å². The van der Waals surface area contributed by atoms with Crippen LogP contribution in [0, 0.1) is 13.8 Å². The maximum atomic E-state index is 12.1. The summed E-state index contributed by atoms with van der Waals surface area (Å²) in [5.41, 5.74) is 0.679. The Balaban J connectivity index is 2.61. The normalized spacial score (nSPS) is 12.7. The molecule has 0 bridgehead atoms. The van der Waals surface area contributed by atoms with Crippen LogP contribution >= 0.6 is 0 Å². The molecule has 2 aromatic heterocycles. The number of rotatable bonds is 3. The predicted octanol–water partition coefficient (Wildman–Crippen LogP) is 0.317. The van der Waals surface area contributed by atoms with Crippen LogP contribution in [0.1, 0.15) is 24.5 Å². The van der Waals surface area contributed by atoms with E-state index in [0.717, 1.165) is 5.06 Å². The molecule has 20 heavy (non-hydrogen) atoms. The van der Waals surface area contributed by atoms with Crippen LogP contribution in [0.2, 0.25) is 0 Å². The van der Waals surface area contributed by atoms with Crippen molar-refractivity contribution in [3.63, 3.8) is 0 Å². The van der Waals surface area contributed by atoms with Gasteiger partial charge in [0.25, 0.3) is 11.5 Å². The number of hydroxylamine groups is 2. The number of aromatic amines is 1. The zero-order chi connectivity index (χ0) is 15.0.